The van der Waals surface area contributed by atoms with Crippen molar-refractivity contribution in [1.29, 1.82) is 0 Å². The smallest absolute Gasteiger partial charge is 0.242 e. The molecule has 1 fully saturated rings. The van der Waals surface area contributed by atoms with Crippen LogP contribution in [0.15, 0.2) is 24.3 Å². The maximum Gasteiger partial charge on any atom is 0.242 e. The summed E-state index contributed by atoms with van der Waals surface area (Å²) >= 11 is 0. The molecular weight excluding hydrogens is 262 g/mol. The maximum absolute atomic E-state index is 12.3. The van der Waals surface area contributed by atoms with Crippen LogP contribution in [0.3, 0.4) is 0 Å². The molecule has 4 nitrogen and oxygen atoms in total. The van der Waals surface area contributed by atoms with Crippen LogP contribution in [0.2, 0.25) is 0 Å². The van der Waals surface area contributed by atoms with Crippen LogP contribution in [-0.2, 0) is 11.3 Å². The zero-order valence-corrected chi connectivity index (χ0v) is 13.0. The quantitative estimate of drug-likeness (QED) is 0.826. The van der Waals surface area contributed by atoms with E-state index in [1.165, 1.54) is 0 Å². The van der Waals surface area contributed by atoms with E-state index in [4.69, 9.17) is 5.73 Å². The minimum absolute atomic E-state index is 0.166. The largest absolute Gasteiger partial charge is 0.343 e. The van der Waals surface area contributed by atoms with E-state index in [1.807, 2.05) is 39.1 Å². The molecule has 4 heteroatoms. The van der Waals surface area contributed by atoms with Gasteiger partial charge in [-0.15, -0.1) is 0 Å². The monoisotopic (exact) mass is 285 g/mol. The van der Waals surface area contributed by atoms with Crippen LogP contribution in [0.5, 0.6) is 0 Å². The Balaban J connectivity index is 2.24. The van der Waals surface area contributed by atoms with Crippen molar-refractivity contribution in [2.45, 2.75) is 25.9 Å². The minimum atomic E-state index is -0.485. The molecule has 1 heterocycles. The lowest BCUT2D eigenvalue weighted by Gasteiger charge is -2.44. The summed E-state index contributed by atoms with van der Waals surface area (Å²) < 4.78 is 0. The van der Waals surface area contributed by atoms with Gasteiger partial charge in [-0.2, -0.15) is 0 Å². The predicted octanol–water partition coefficient (Wildman–Crippen LogP) is 1.05. The number of benzene rings is 1. The summed E-state index contributed by atoms with van der Waals surface area (Å²) in [5.41, 5.74) is 7.10. The van der Waals surface area contributed by atoms with Crippen molar-refractivity contribution in [1.82, 2.24) is 9.80 Å². The maximum atomic E-state index is 12.3. The standard InChI is InChI=1S/C17H23N3O/c1-17(2)16(21)19(3)11-12-20(17)13-15-8-5-4-7-14(15)9-6-10-18/h4-5,7-8H,10-13,18H2,1-3H3. The molecule has 0 spiro atoms. The van der Waals surface area contributed by atoms with Gasteiger partial charge in [0.15, 0.2) is 0 Å². The molecule has 1 aromatic carbocycles. The number of nitrogens with zero attached hydrogens (tertiary/aromatic N) is 2. The molecule has 0 aromatic heterocycles. The summed E-state index contributed by atoms with van der Waals surface area (Å²) in [5, 5.41) is 0. The van der Waals surface area contributed by atoms with Gasteiger partial charge in [-0.3, -0.25) is 9.69 Å². The van der Waals surface area contributed by atoms with Gasteiger partial charge in [0.05, 0.1) is 12.1 Å². The summed E-state index contributed by atoms with van der Waals surface area (Å²) in [5.74, 6) is 6.18. The van der Waals surface area contributed by atoms with Crippen molar-refractivity contribution in [3.8, 4) is 11.8 Å². The Morgan fingerprint density at radius 1 is 1.29 bits per heavy atom. The van der Waals surface area contributed by atoms with Gasteiger partial charge in [0.25, 0.3) is 0 Å². The molecule has 0 radical (unpaired) electrons. The summed E-state index contributed by atoms with van der Waals surface area (Å²) in [4.78, 5) is 16.4. The zero-order chi connectivity index (χ0) is 15.5. The molecule has 1 amide bonds. The molecule has 0 unspecified atom stereocenters. The molecule has 0 bridgehead atoms. The number of hydrogen-bond acceptors (Lipinski definition) is 3. The van der Waals surface area contributed by atoms with Crippen LogP contribution in [-0.4, -0.2) is 47.9 Å². The first-order valence-corrected chi connectivity index (χ1v) is 7.24. The first-order chi connectivity index (χ1) is 9.96. The van der Waals surface area contributed by atoms with Crippen LogP contribution in [0.1, 0.15) is 25.0 Å². The molecule has 1 aromatic rings. The number of rotatable bonds is 2. The molecule has 2 N–H and O–H groups in total. The Morgan fingerprint density at radius 3 is 2.71 bits per heavy atom. The predicted molar refractivity (Wildman–Crippen MR) is 84.5 cm³/mol. The number of hydrogen-bond donors (Lipinski definition) is 1. The first-order valence-electron chi connectivity index (χ1n) is 7.24. The van der Waals surface area contributed by atoms with Crippen LogP contribution in [0.4, 0.5) is 0 Å². The normalized spacial score (nSPS) is 18.3. The van der Waals surface area contributed by atoms with Gasteiger partial charge in [-0.1, -0.05) is 30.0 Å². The number of likely N-dealkylation sites (N-methyl/N-ethyl adjacent to an activating group) is 1. The lowest BCUT2D eigenvalue weighted by molar-refractivity contribution is -0.147. The molecule has 1 saturated heterocycles. The molecule has 0 atom stereocenters. The summed E-state index contributed by atoms with van der Waals surface area (Å²) in [6.07, 6.45) is 0. The highest BCUT2D eigenvalue weighted by atomic mass is 16.2. The molecule has 2 rings (SSSR count). The van der Waals surface area contributed by atoms with Gasteiger partial charge in [0, 0.05) is 32.2 Å². The van der Waals surface area contributed by atoms with Crippen LogP contribution in [0.25, 0.3) is 0 Å². The highest BCUT2D eigenvalue weighted by molar-refractivity contribution is 5.86. The number of nitrogens with two attached hydrogens (primary N) is 1. The molecular formula is C17H23N3O. The molecule has 1 aliphatic heterocycles. The first kappa shape index (κ1) is 15.6. The second-order valence-electron chi connectivity index (χ2n) is 5.87. The fourth-order valence-electron chi connectivity index (χ4n) is 2.66. The number of carbonyl (C=O) groups is 1. The van der Waals surface area contributed by atoms with Gasteiger partial charge in [-0.05, 0) is 25.5 Å². The van der Waals surface area contributed by atoms with E-state index in [9.17, 15) is 4.79 Å². The molecule has 112 valence electrons. The summed E-state index contributed by atoms with van der Waals surface area (Å²) in [6, 6.07) is 8.06. The van der Waals surface area contributed by atoms with Crippen molar-refractivity contribution < 1.29 is 4.79 Å². The average molecular weight is 285 g/mol. The SMILES string of the molecule is CN1CCN(Cc2ccccc2C#CCN)C(C)(C)C1=O. The Labute approximate surface area is 126 Å². The lowest BCUT2D eigenvalue weighted by Crippen LogP contribution is -2.61. The topological polar surface area (TPSA) is 49.6 Å². The van der Waals surface area contributed by atoms with Gasteiger partial charge in [0.1, 0.15) is 0 Å². The number of amides is 1. The van der Waals surface area contributed by atoms with Gasteiger partial charge in [0.2, 0.25) is 5.91 Å². The third-order valence-corrected chi connectivity index (χ3v) is 4.07. The van der Waals surface area contributed by atoms with Crippen molar-refractivity contribution in [2.24, 2.45) is 5.73 Å². The van der Waals surface area contributed by atoms with Crippen molar-refractivity contribution in [3.05, 3.63) is 35.4 Å². The van der Waals surface area contributed by atoms with E-state index < -0.39 is 5.54 Å². The van der Waals surface area contributed by atoms with Crippen molar-refractivity contribution >= 4 is 5.91 Å². The van der Waals surface area contributed by atoms with Gasteiger partial charge >= 0.3 is 0 Å². The third-order valence-electron chi connectivity index (χ3n) is 4.07. The van der Waals surface area contributed by atoms with Crippen molar-refractivity contribution in [3.63, 3.8) is 0 Å². The Hall–Kier alpha value is -1.83. The second-order valence-corrected chi connectivity index (χ2v) is 5.87. The molecule has 0 aliphatic carbocycles. The minimum Gasteiger partial charge on any atom is -0.343 e. The van der Waals surface area contributed by atoms with E-state index in [0.717, 1.165) is 30.8 Å². The Bertz CT molecular complexity index is 583. The number of carbonyl (C=O) groups excluding carboxylic acids is 1. The third kappa shape index (κ3) is 3.26. The van der Waals surface area contributed by atoms with E-state index in [1.54, 1.807) is 4.90 Å². The Kier molecular flexibility index (Phi) is 4.66. The van der Waals surface area contributed by atoms with Gasteiger partial charge < -0.3 is 10.6 Å². The summed E-state index contributed by atoms with van der Waals surface area (Å²) in [6.45, 7) is 6.68. The highest BCUT2D eigenvalue weighted by Crippen LogP contribution is 2.24. The summed E-state index contributed by atoms with van der Waals surface area (Å²) in [7, 11) is 1.86. The zero-order valence-electron chi connectivity index (χ0n) is 13.0. The fraction of sp³-hybridized carbons (Fsp3) is 0.471. The second kappa shape index (κ2) is 6.30. The van der Waals surface area contributed by atoms with E-state index in [0.29, 0.717) is 6.54 Å². The average Bonchev–Trinajstić information content (AvgIpc) is 2.47. The van der Waals surface area contributed by atoms with E-state index in [2.05, 4.69) is 22.8 Å². The molecule has 1 aliphatic rings. The van der Waals surface area contributed by atoms with Crippen LogP contribution >= 0.6 is 0 Å². The molecule has 21 heavy (non-hydrogen) atoms. The van der Waals surface area contributed by atoms with Crippen LogP contribution < -0.4 is 5.73 Å². The molecule has 0 saturated carbocycles. The Morgan fingerprint density at radius 2 is 2.00 bits per heavy atom. The highest BCUT2D eigenvalue weighted by Gasteiger charge is 2.40. The van der Waals surface area contributed by atoms with Crippen molar-refractivity contribution in [2.75, 3.05) is 26.7 Å². The lowest BCUT2D eigenvalue weighted by atomic mass is 9.96. The fourth-order valence-corrected chi connectivity index (χ4v) is 2.66. The van der Waals surface area contributed by atoms with E-state index >= 15 is 0 Å². The van der Waals surface area contributed by atoms with Crippen LogP contribution in [0, 0.1) is 11.8 Å². The number of piperazine rings is 1. The van der Waals surface area contributed by atoms with E-state index in [-0.39, 0.29) is 5.91 Å². The van der Waals surface area contributed by atoms with Gasteiger partial charge in [-0.25, -0.2) is 0 Å².